The lowest BCUT2D eigenvalue weighted by Crippen LogP contribution is -2.16. The summed E-state index contributed by atoms with van der Waals surface area (Å²) in [6.45, 7) is 0. The number of thiazole rings is 1. The molecule has 0 saturated heterocycles. The molecule has 15 heavy (non-hydrogen) atoms. The van der Waals surface area contributed by atoms with Crippen molar-refractivity contribution in [3.8, 4) is 0 Å². The lowest BCUT2D eigenvalue weighted by molar-refractivity contribution is -0.151. The zero-order valence-electron chi connectivity index (χ0n) is 7.37. The molecule has 0 atom stereocenters. The van der Waals surface area contributed by atoms with Gasteiger partial charge >= 0.3 is 6.18 Å². The van der Waals surface area contributed by atoms with Crippen molar-refractivity contribution in [3.63, 3.8) is 0 Å². The number of ketones is 1. The highest BCUT2D eigenvalue weighted by atomic mass is 32.1. The number of carbonyl (C=O) groups excluding carboxylic acids is 2. The van der Waals surface area contributed by atoms with Gasteiger partial charge in [0.2, 0.25) is 0 Å². The minimum Gasteiger partial charge on any atom is -0.299 e. The first-order valence-electron chi connectivity index (χ1n) is 3.89. The maximum atomic E-state index is 11.8. The van der Waals surface area contributed by atoms with Crippen molar-refractivity contribution < 1.29 is 22.8 Å². The fourth-order valence-electron chi connectivity index (χ4n) is 0.915. The topological polar surface area (TPSA) is 47.0 Å². The number of halogens is 3. The average Bonchev–Trinajstić information content (AvgIpc) is 2.48. The Kier molecular flexibility index (Phi) is 3.57. The highest BCUT2D eigenvalue weighted by Crippen LogP contribution is 2.21. The van der Waals surface area contributed by atoms with Gasteiger partial charge in [-0.05, 0) is 0 Å². The standard InChI is InChI=1S/C8H6F3NO2S/c9-8(10,11)2-5(14)1-7-12-3-6(4-13)15-7/h3-4H,1-2H2. The molecule has 0 aliphatic rings. The first-order chi connectivity index (χ1) is 6.90. The summed E-state index contributed by atoms with van der Waals surface area (Å²) in [4.78, 5) is 25.1. The van der Waals surface area contributed by atoms with Gasteiger partial charge in [-0.2, -0.15) is 13.2 Å². The largest absolute Gasteiger partial charge is 0.395 e. The van der Waals surface area contributed by atoms with Crippen LogP contribution in [0.5, 0.6) is 0 Å². The van der Waals surface area contributed by atoms with Crippen molar-refractivity contribution in [2.75, 3.05) is 0 Å². The van der Waals surface area contributed by atoms with E-state index < -0.39 is 18.4 Å². The molecule has 7 heteroatoms. The summed E-state index contributed by atoms with van der Waals surface area (Å²) in [7, 11) is 0. The van der Waals surface area contributed by atoms with Gasteiger partial charge in [0.25, 0.3) is 0 Å². The van der Waals surface area contributed by atoms with Gasteiger partial charge < -0.3 is 0 Å². The maximum absolute atomic E-state index is 11.8. The third-order valence-electron chi connectivity index (χ3n) is 1.43. The molecular weight excluding hydrogens is 231 g/mol. The number of hydrogen-bond acceptors (Lipinski definition) is 4. The summed E-state index contributed by atoms with van der Waals surface area (Å²) in [6.07, 6.45) is -4.55. The zero-order chi connectivity index (χ0) is 11.5. The third kappa shape index (κ3) is 4.20. The molecule has 1 heterocycles. The number of aromatic nitrogens is 1. The molecule has 0 saturated carbocycles. The van der Waals surface area contributed by atoms with E-state index in [-0.39, 0.29) is 11.4 Å². The summed E-state index contributed by atoms with van der Waals surface area (Å²) in [6, 6.07) is 0. The Morgan fingerprint density at radius 3 is 2.67 bits per heavy atom. The normalized spacial score (nSPS) is 11.4. The van der Waals surface area contributed by atoms with Gasteiger partial charge in [-0.25, -0.2) is 4.98 Å². The molecule has 0 radical (unpaired) electrons. The summed E-state index contributed by atoms with van der Waals surface area (Å²) in [5.41, 5.74) is 0. The molecular formula is C8H6F3NO2S. The Hall–Kier alpha value is -1.24. The lowest BCUT2D eigenvalue weighted by Gasteiger charge is -2.03. The molecule has 1 aromatic rings. The van der Waals surface area contributed by atoms with Crippen molar-refractivity contribution in [2.45, 2.75) is 19.0 Å². The average molecular weight is 237 g/mol. The van der Waals surface area contributed by atoms with Gasteiger partial charge in [0, 0.05) is 6.20 Å². The van der Waals surface area contributed by atoms with E-state index >= 15 is 0 Å². The highest BCUT2D eigenvalue weighted by Gasteiger charge is 2.31. The molecule has 0 bridgehead atoms. The number of carbonyl (C=O) groups is 2. The molecule has 0 amide bonds. The van der Waals surface area contributed by atoms with Crippen molar-refractivity contribution in [2.24, 2.45) is 0 Å². The van der Waals surface area contributed by atoms with Crippen LogP contribution in [0, 0.1) is 0 Å². The number of rotatable bonds is 4. The first kappa shape index (κ1) is 11.8. The fraction of sp³-hybridized carbons (Fsp3) is 0.375. The Bertz CT molecular complexity index is 372. The monoisotopic (exact) mass is 237 g/mol. The number of aldehydes is 1. The molecule has 0 unspecified atom stereocenters. The van der Waals surface area contributed by atoms with Crippen molar-refractivity contribution in [3.05, 3.63) is 16.1 Å². The van der Waals surface area contributed by atoms with E-state index in [9.17, 15) is 22.8 Å². The molecule has 0 aliphatic carbocycles. The predicted octanol–water partition coefficient (Wildman–Crippen LogP) is 2.02. The number of alkyl halides is 3. The van der Waals surface area contributed by atoms with Crippen LogP contribution in [-0.4, -0.2) is 23.2 Å². The van der Waals surface area contributed by atoms with Gasteiger partial charge in [0.15, 0.2) is 6.29 Å². The van der Waals surface area contributed by atoms with Crippen LogP contribution in [0.2, 0.25) is 0 Å². The fourth-order valence-corrected chi connectivity index (χ4v) is 1.68. The van der Waals surface area contributed by atoms with Crippen LogP contribution in [-0.2, 0) is 11.2 Å². The number of hydrogen-bond donors (Lipinski definition) is 0. The molecule has 3 nitrogen and oxygen atoms in total. The highest BCUT2D eigenvalue weighted by molar-refractivity contribution is 7.13. The maximum Gasteiger partial charge on any atom is 0.395 e. The van der Waals surface area contributed by atoms with Crippen molar-refractivity contribution >= 4 is 23.4 Å². The van der Waals surface area contributed by atoms with Crippen LogP contribution < -0.4 is 0 Å². The lowest BCUT2D eigenvalue weighted by atomic mass is 10.2. The molecule has 0 spiro atoms. The van der Waals surface area contributed by atoms with Gasteiger partial charge in [-0.1, -0.05) is 0 Å². The van der Waals surface area contributed by atoms with Crippen LogP contribution in [0.3, 0.4) is 0 Å². The third-order valence-corrected chi connectivity index (χ3v) is 2.36. The second-order valence-electron chi connectivity index (χ2n) is 2.78. The van der Waals surface area contributed by atoms with Crippen LogP contribution in [0.1, 0.15) is 21.1 Å². The first-order valence-corrected chi connectivity index (χ1v) is 4.70. The van der Waals surface area contributed by atoms with Gasteiger partial charge in [-0.3, -0.25) is 9.59 Å². The second-order valence-corrected chi connectivity index (χ2v) is 3.93. The minimum absolute atomic E-state index is 0.228. The molecule has 1 rings (SSSR count). The molecule has 0 N–H and O–H groups in total. The Labute approximate surface area is 86.9 Å². The SMILES string of the molecule is O=Cc1cnc(CC(=O)CC(F)(F)F)s1. The Balaban J connectivity index is 2.55. The quantitative estimate of drug-likeness (QED) is 0.752. The Morgan fingerprint density at radius 1 is 1.53 bits per heavy atom. The smallest absolute Gasteiger partial charge is 0.299 e. The van der Waals surface area contributed by atoms with Crippen LogP contribution in [0.4, 0.5) is 13.2 Å². The van der Waals surface area contributed by atoms with E-state index in [0.717, 1.165) is 11.3 Å². The predicted molar refractivity (Wildman–Crippen MR) is 46.9 cm³/mol. The molecule has 0 aromatic carbocycles. The van der Waals surface area contributed by atoms with E-state index in [2.05, 4.69) is 4.98 Å². The van der Waals surface area contributed by atoms with Crippen molar-refractivity contribution in [1.82, 2.24) is 4.98 Å². The van der Waals surface area contributed by atoms with Crippen LogP contribution >= 0.6 is 11.3 Å². The van der Waals surface area contributed by atoms with E-state index in [4.69, 9.17) is 0 Å². The van der Waals surface area contributed by atoms with Gasteiger partial charge in [0.05, 0.1) is 11.3 Å². The Morgan fingerprint density at radius 2 is 2.20 bits per heavy atom. The summed E-state index contributed by atoms with van der Waals surface area (Å²) < 4.78 is 35.4. The summed E-state index contributed by atoms with van der Waals surface area (Å²) >= 11 is 0.920. The molecule has 0 aliphatic heterocycles. The molecule has 1 aromatic heterocycles. The minimum atomic E-state index is -4.48. The van der Waals surface area contributed by atoms with E-state index in [1.807, 2.05) is 0 Å². The van der Waals surface area contributed by atoms with Gasteiger partial charge in [-0.15, -0.1) is 11.3 Å². The number of nitrogens with zero attached hydrogens (tertiary/aromatic N) is 1. The zero-order valence-corrected chi connectivity index (χ0v) is 8.19. The van der Waals surface area contributed by atoms with Crippen LogP contribution in [0.15, 0.2) is 6.20 Å². The second kappa shape index (κ2) is 4.52. The summed E-state index contributed by atoms with van der Waals surface area (Å²) in [5.74, 6) is -0.950. The number of Topliss-reactive ketones (excluding diaryl/α,β-unsaturated/α-hetero) is 1. The van der Waals surface area contributed by atoms with Gasteiger partial charge in [0.1, 0.15) is 17.2 Å². The molecule has 0 fully saturated rings. The molecule has 82 valence electrons. The van der Waals surface area contributed by atoms with E-state index in [1.165, 1.54) is 6.20 Å². The van der Waals surface area contributed by atoms with Crippen molar-refractivity contribution in [1.29, 1.82) is 0 Å². The summed E-state index contributed by atoms with van der Waals surface area (Å²) in [5, 5.41) is 0.228. The van der Waals surface area contributed by atoms with Crippen LogP contribution in [0.25, 0.3) is 0 Å². The van der Waals surface area contributed by atoms with E-state index in [1.54, 1.807) is 0 Å². The van der Waals surface area contributed by atoms with E-state index in [0.29, 0.717) is 11.2 Å².